The molecular formula is C11H25BO5P. The van der Waals surface area contributed by atoms with E-state index < -0.39 is 23.9 Å². The number of rotatable bonds is 7. The Morgan fingerprint density at radius 3 is 1.72 bits per heavy atom. The Morgan fingerprint density at radius 1 is 1.11 bits per heavy atom. The van der Waals surface area contributed by atoms with Gasteiger partial charge in [-0.2, -0.15) is 0 Å². The van der Waals surface area contributed by atoms with Crippen LogP contribution in [0.5, 0.6) is 0 Å². The molecule has 0 aliphatic rings. The topological polar surface area (TPSA) is 87.0 Å². The van der Waals surface area contributed by atoms with Gasteiger partial charge in [0.05, 0.1) is 5.60 Å². The van der Waals surface area contributed by atoms with Gasteiger partial charge in [-0.05, 0) is 27.7 Å². The first-order valence-electron chi connectivity index (χ1n) is 6.13. The van der Waals surface area contributed by atoms with Crippen molar-refractivity contribution in [3.05, 3.63) is 0 Å². The van der Waals surface area contributed by atoms with Crippen LogP contribution >= 0.6 is 7.60 Å². The van der Waals surface area contributed by atoms with Gasteiger partial charge in [0.1, 0.15) is 0 Å². The van der Waals surface area contributed by atoms with Crippen molar-refractivity contribution < 1.29 is 24.1 Å². The number of hydrogen-bond acceptors (Lipinski definition) is 3. The summed E-state index contributed by atoms with van der Waals surface area (Å²) in [7, 11) is -3.30. The van der Waals surface area contributed by atoms with Crippen LogP contribution in [0.1, 0.15) is 54.4 Å². The summed E-state index contributed by atoms with van der Waals surface area (Å²) in [6, 6.07) is 0. The minimum Gasteiger partial charge on any atom is -0.454 e. The van der Waals surface area contributed by atoms with Crippen molar-refractivity contribution in [2.45, 2.75) is 70.6 Å². The molecule has 0 aliphatic heterocycles. The van der Waals surface area contributed by atoms with E-state index in [-0.39, 0.29) is 0 Å². The predicted octanol–water partition coefficient (Wildman–Crippen LogP) is 2.29. The van der Waals surface area contributed by atoms with Gasteiger partial charge in [0.25, 0.3) is 7.48 Å². The van der Waals surface area contributed by atoms with Crippen LogP contribution < -0.4 is 0 Å². The molecule has 0 unspecified atom stereocenters. The molecule has 107 valence electrons. The van der Waals surface area contributed by atoms with E-state index in [0.29, 0.717) is 12.8 Å². The molecule has 0 saturated carbocycles. The molecular weight excluding hydrogens is 254 g/mol. The summed E-state index contributed by atoms with van der Waals surface area (Å²) in [5.74, 6) is 0. The van der Waals surface area contributed by atoms with Gasteiger partial charge < -0.3 is 19.5 Å². The Bertz CT molecular complexity index is 311. The average molecular weight is 279 g/mol. The zero-order valence-electron chi connectivity index (χ0n) is 12.1. The van der Waals surface area contributed by atoms with Gasteiger partial charge in [0, 0.05) is 5.31 Å². The highest BCUT2D eigenvalue weighted by atomic mass is 31.2. The van der Waals surface area contributed by atoms with Crippen LogP contribution in [0.3, 0.4) is 0 Å². The molecule has 0 aromatic heterocycles. The van der Waals surface area contributed by atoms with Gasteiger partial charge in [0.2, 0.25) is 0 Å². The summed E-state index contributed by atoms with van der Waals surface area (Å²) in [5, 5.41) is 7.29. The molecule has 0 spiro atoms. The SMILES string of the molecule is CCC([B]O)(CC)C(C)(C)OC(C)(C)P(=O)(O)O. The molecule has 7 heteroatoms. The van der Waals surface area contributed by atoms with Crippen molar-refractivity contribution >= 4 is 15.1 Å². The summed E-state index contributed by atoms with van der Waals surface area (Å²) in [5.41, 5.74) is -0.893. The van der Waals surface area contributed by atoms with Crippen LogP contribution in [0.4, 0.5) is 0 Å². The van der Waals surface area contributed by atoms with E-state index in [0.717, 1.165) is 7.48 Å². The Hall–Kier alpha value is 0.135. The maximum atomic E-state index is 11.4. The fourth-order valence-corrected chi connectivity index (χ4v) is 2.57. The first-order valence-corrected chi connectivity index (χ1v) is 7.74. The lowest BCUT2D eigenvalue weighted by Crippen LogP contribution is -2.48. The Kier molecular flexibility index (Phi) is 5.68. The highest BCUT2D eigenvalue weighted by molar-refractivity contribution is 7.53. The van der Waals surface area contributed by atoms with E-state index in [1.807, 2.05) is 13.8 Å². The third-order valence-corrected chi connectivity index (χ3v) is 5.41. The van der Waals surface area contributed by atoms with Crippen molar-refractivity contribution in [2.24, 2.45) is 0 Å². The Balaban J connectivity index is 5.35. The third-order valence-electron chi connectivity index (χ3n) is 3.91. The lowest BCUT2D eigenvalue weighted by Gasteiger charge is -2.48. The van der Waals surface area contributed by atoms with Crippen molar-refractivity contribution in [3.8, 4) is 0 Å². The minimum atomic E-state index is -4.38. The lowest BCUT2D eigenvalue weighted by atomic mass is 9.52. The molecule has 0 rings (SSSR count). The molecule has 0 aliphatic carbocycles. The van der Waals surface area contributed by atoms with Crippen molar-refractivity contribution in [1.82, 2.24) is 0 Å². The third kappa shape index (κ3) is 3.37. The maximum Gasteiger partial charge on any atom is 0.356 e. The molecule has 0 aromatic rings. The summed E-state index contributed by atoms with van der Waals surface area (Å²) >= 11 is 0. The molecule has 0 fully saturated rings. The summed E-state index contributed by atoms with van der Waals surface area (Å²) in [6.45, 7) is 10.0. The highest BCUT2D eigenvalue weighted by Gasteiger charge is 2.51. The molecule has 0 saturated heterocycles. The lowest BCUT2D eigenvalue weighted by molar-refractivity contribution is -0.118. The molecule has 0 bridgehead atoms. The van der Waals surface area contributed by atoms with Gasteiger partial charge in [-0.3, -0.25) is 4.57 Å². The van der Waals surface area contributed by atoms with Crippen LogP contribution in [0.2, 0.25) is 5.31 Å². The monoisotopic (exact) mass is 279 g/mol. The number of ether oxygens (including phenoxy) is 1. The van der Waals surface area contributed by atoms with Crippen LogP contribution in [0, 0.1) is 0 Å². The van der Waals surface area contributed by atoms with E-state index in [2.05, 4.69) is 0 Å². The molecule has 0 amide bonds. The van der Waals surface area contributed by atoms with Crippen molar-refractivity contribution in [2.75, 3.05) is 0 Å². The van der Waals surface area contributed by atoms with E-state index in [1.165, 1.54) is 13.8 Å². The molecule has 0 aromatic carbocycles. The van der Waals surface area contributed by atoms with Gasteiger partial charge in [0.15, 0.2) is 5.34 Å². The largest absolute Gasteiger partial charge is 0.454 e. The predicted molar refractivity (Wildman–Crippen MR) is 72.5 cm³/mol. The smallest absolute Gasteiger partial charge is 0.356 e. The van der Waals surface area contributed by atoms with E-state index in [4.69, 9.17) is 4.74 Å². The molecule has 5 nitrogen and oxygen atoms in total. The normalized spacial score (nSPS) is 14.7. The van der Waals surface area contributed by atoms with Gasteiger partial charge in [-0.15, -0.1) is 0 Å². The van der Waals surface area contributed by atoms with Crippen molar-refractivity contribution in [3.63, 3.8) is 0 Å². The summed E-state index contributed by atoms with van der Waals surface area (Å²) < 4.78 is 17.1. The zero-order valence-corrected chi connectivity index (χ0v) is 13.0. The van der Waals surface area contributed by atoms with E-state index in [1.54, 1.807) is 13.8 Å². The summed E-state index contributed by atoms with van der Waals surface area (Å²) in [6.07, 6.45) is 1.23. The highest BCUT2D eigenvalue weighted by Crippen LogP contribution is 2.56. The molecule has 1 radical (unpaired) electrons. The fourth-order valence-electron chi connectivity index (χ4n) is 2.22. The fraction of sp³-hybridized carbons (Fsp3) is 1.00. The van der Waals surface area contributed by atoms with Gasteiger partial charge >= 0.3 is 7.60 Å². The van der Waals surface area contributed by atoms with Crippen LogP contribution in [0.25, 0.3) is 0 Å². The number of hydrogen-bond donors (Lipinski definition) is 3. The molecule has 3 N–H and O–H groups in total. The second-order valence-electron chi connectivity index (χ2n) is 5.60. The maximum absolute atomic E-state index is 11.4. The Labute approximate surface area is 110 Å². The van der Waals surface area contributed by atoms with Crippen LogP contribution in [-0.4, -0.2) is 33.2 Å². The summed E-state index contributed by atoms with van der Waals surface area (Å²) in [4.78, 5) is 18.6. The average Bonchev–Trinajstić information content (AvgIpc) is 2.17. The standard InChI is InChI=1S/C11H25BO5P/c1-7-11(8-2,12-13)9(3,4)17-10(5,6)18(14,15)16/h13H,7-8H2,1-6H3,(H2,14,15,16). The first kappa shape index (κ1) is 18.1. The quantitative estimate of drug-likeness (QED) is 0.491. The second-order valence-corrected chi connectivity index (χ2v) is 7.76. The van der Waals surface area contributed by atoms with Gasteiger partial charge in [-0.25, -0.2) is 0 Å². The van der Waals surface area contributed by atoms with Crippen molar-refractivity contribution in [1.29, 1.82) is 0 Å². The molecule has 0 atom stereocenters. The van der Waals surface area contributed by atoms with Crippen LogP contribution in [-0.2, 0) is 9.30 Å². The molecule has 18 heavy (non-hydrogen) atoms. The van der Waals surface area contributed by atoms with Gasteiger partial charge in [-0.1, -0.05) is 26.7 Å². The Morgan fingerprint density at radius 2 is 1.50 bits per heavy atom. The van der Waals surface area contributed by atoms with E-state index >= 15 is 0 Å². The van der Waals surface area contributed by atoms with Crippen LogP contribution in [0.15, 0.2) is 0 Å². The van der Waals surface area contributed by atoms with E-state index in [9.17, 15) is 19.4 Å². The second kappa shape index (κ2) is 5.64. The first-order chi connectivity index (χ1) is 7.89. The minimum absolute atomic E-state index is 0.615. The zero-order chi connectivity index (χ0) is 14.8. The molecule has 0 heterocycles.